The Morgan fingerprint density at radius 3 is 2.53 bits per heavy atom. The molecule has 0 atom stereocenters. The lowest BCUT2D eigenvalue weighted by atomic mass is 10.2. The maximum Gasteiger partial charge on any atom is 0.255 e. The zero-order chi connectivity index (χ0) is 22.1. The van der Waals surface area contributed by atoms with Crippen LogP contribution in [0, 0.1) is 0 Å². The Bertz CT molecular complexity index is 1010. The number of hydrogen-bond acceptors (Lipinski definition) is 7. The van der Waals surface area contributed by atoms with E-state index in [-0.39, 0.29) is 10.6 Å². The average Bonchev–Trinajstić information content (AvgIpc) is 2.74. The van der Waals surface area contributed by atoms with Crippen LogP contribution in [0.5, 0.6) is 17.2 Å². The fraction of sp³-hybridized carbons (Fsp3) is 0.300. The molecule has 162 valence electrons. The molecule has 0 fully saturated rings. The molecular weight excluding hydrogens is 410 g/mol. The van der Waals surface area contributed by atoms with E-state index in [4.69, 9.17) is 14.2 Å². The van der Waals surface area contributed by atoms with Gasteiger partial charge in [-0.25, -0.2) is 13.8 Å². The van der Waals surface area contributed by atoms with Crippen LogP contribution in [0.2, 0.25) is 0 Å². The van der Waals surface area contributed by atoms with Gasteiger partial charge in [-0.1, -0.05) is 12.1 Å². The lowest BCUT2D eigenvalue weighted by Crippen LogP contribution is -2.36. The van der Waals surface area contributed by atoms with Gasteiger partial charge in [0, 0.05) is 18.7 Å². The summed E-state index contributed by atoms with van der Waals surface area (Å²) >= 11 is 0. The van der Waals surface area contributed by atoms with Crippen LogP contribution in [0.3, 0.4) is 0 Å². The van der Waals surface area contributed by atoms with Gasteiger partial charge in [0.25, 0.3) is 5.91 Å². The number of rotatable bonds is 10. The van der Waals surface area contributed by atoms with Gasteiger partial charge in [-0.15, -0.1) is 0 Å². The van der Waals surface area contributed by atoms with Crippen LogP contribution in [-0.4, -0.2) is 59.3 Å². The summed E-state index contributed by atoms with van der Waals surface area (Å²) in [5.74, 6) is 0.522. The van der Waals surface area contributed by atoms with Gasteiger partial charge in [-0.3, -0.25) is 4.79 Å². The number of amides is 1. The lowest BCUT2D eigenvalue weighted by Gasteiger charge is -2.18. The molecule has 2 aromatic carbocycles. The minimum absolute atomic E-state index is 0.103. The van der Waals surface area contributed by atoms with Crippen molar-refractivity contribution in [2.45, 2.75) is 11.8 Å². The molecule has 9 nitrogen and oxygen atoms in total. The maximum absolute atomic E-state index is 12.9. The van der Waals surface area contributed by atoms with E-state index in [1.807, 2.05) is 19.1 Å². The number of nitrogens with one attached hydrogen (secondary N) is 1. The molecule has 0 radical (unpaired) electrons. The molecule has 0 bridgehead atoms. The summed E-state index contributed by atoms with van der Waals surface area (Å²) in [5, 5.41) is 3.88. The summed E-state index contributed by atoms with van der Waals surface area (Å²) in [6.07, 6.45) is 1.43. The quantitative estimate of drug-likeness (QED) is 0.451. The van der Waals surface area contributed by atoms with Gasteiger partial charge in [0.05, 0.1) is 33.6 Å². The highest BCUT2D eigenvalue weighted by Crippen LogP contribution is 2.30. The van der Waals surface area contributed by atoms with E-state index in [1.54, 1.807) is 18.2 Å². The molecule has 0 saturated carbocycles. The number of likely N-dealkylation sites (N-methyl/N-ethyl adjacent to an activating group) is 1. The van der Waals surface area contributed by atoms with E-state index in [9.17, 15) is 13.2 Å². The van der Waals surface area contributed by atoms with Gasteiger partial charge in [-0.05, 0) is 31.2 Å². The number of para-hydroxylation sites is 1. The summed E-state index contributed by atoms with van der Waals surface area (Å²) in [6, 6.07) is 11.6. The van der Waals surface area contributed by atoms with Crippen molar-refractivity contribution in [3.8, 4) is 17.2 Å². The summed E-state index contributed by atoms with van der Waals surface area (Å²) < 4.78 is 42.4. The Hall–Kier alpha value is -3.11. The van der Waals surface area contributed by atoms with Crippen molar-refractivity contribution in [1.29, 1.82) is 0 Å². The number of sulfonamides is 1. The van der Waals surface area contributed by atoms with Gasteiger partial charge >= 0.3 is 0 Å². The molecule has 1 N–H and O–H groups in total. The van der Waals surface area contributed by atoms with Crippen LogP contribution < -0.4 is 19.6 Å². The van der Waals surface area contributed by atoms with Gasteiger partial charge in [0.1, 0.15) is 22.1 Å². The topological polar surface area (TPSA) is 107 Å². The van der Waals surface area contributed by atoms with Crippen LogP contribution in [0.25, 0.3) is 0 Å². The van der Waals surface area contributed by atoms with Crippen molar-refractivity contribution in [3.63, 3.8) is 0 Å². The van der Waals surface area contributed by atoms with Crippen molar-refractivity contribution in [3.05, 3.63) is 48.0 Å². The van der Waals surface area contributed by atoms with Gasteiger partial charge in [0.2, 0.25) is 10.0 Å². The first-order valence-corrected chi connectivity index (χ1v) is 10.5. The molecule has 10 heteroatoms. The van der Waals surface area contributed by atoms with Crippen molar-refractivity contribution in [2.24, 2.45) is 5.10 Å². The smallest absolute Gasteiger partial charge is 0.255 e. The number of nitrogens with zero attached hydrogens (tertiary/aromatic N) is 2. The van der Waals surface area contributed by atoms with Crippen LogP contribution in [0.4, 0.5) is 0 Å². The SMILES string of the molecule is CCOc1ccccc1C=NNC(=O)CN(C)S(=O)(=O)c1cc(OC)ccc1OC. The van der Waals surface area contributed by atoms with Crippen molar-refractivity contribution in [1.82, 2.24) is 9.73 Å². The molecule has 2 rings (SSSR count). The zero-order valence-corrected chi connectivity index (χ0v) is 18.1. The molecule has 0 aliphatic rings. The summed E-state index contributed by atoms with van der Waals surface area (Å²) in [7, 11) is 0.0796. The predicted molar refractivity (Wildman–Crippen MR) is 113 cm³/mol. The fourth-order valence-electron chi connectivity index (χ4n) is 2.52. The standard InChI is InChI=1S/C20H25N3O6S/c1-5-29-17-9-7-6-8-15(17)13-21-22-20(24)14-23(2)30(25,26)19-12-16(27-3)10-11-18(19)28-4/h6-13H,5,14H2,1-4H3,(H,22,24). The van der Waals surface area contributed by atoms with Crippen LogP contribution in [0.15, 0.2) is 52.5 Å². The van der Waals surface area contributed by atoms with Gasteiger partial charge in [0.15, 0.2) is 0 Å². The van der Waals surface area contributed by atoms with Crippen LogP contribution >= 0.6 is 0 Å². The first-order valence-electron chi connectivity index (χ1n) is 9.05. The third kappa shape index (κ3) is 5.71. The van der Waals surface area contributed by atoms with Gasteiger partial charge < -0.3 is 14.2 Å². The van der Waals surface area contributed by atoms with Crippen molar-refractivity contribution < 1.29 is 27.4 Å². The Balaban J connectivity index is 2.08. The molecule has 2 aromatic rings. The molecule has 0 saturated heterocycles. The molecule has 0 aliphatic carbocycles. The molecule has 0 unspecified atom stereocenters. The second-order valence-corrected chi connectivity index (χ2v) is 8.06. The van der Waals surface area contributed by atoms with Crippen molar-refractivity contribution >= 4 is 22.1 Å². The Morgan fingerprint density at radius 2 is 1.87 bits per heavy atom. The minimum Gasteiger partial charge on any atom is -0.497 e. The molecule has 0 aromatic heterocycles. The van der Waals surface area contributed by atoms with E-state index in [0.717, 1.165) is 4.31 Å². The lowest BCUT2D eigenvalue weighted by molar-refractivity contribution is -0.121. The average molecular weight is 436 g/mol. The number of hydrogen-bond donors (Lipinski definition) is 1. The zero-order valence-electron chi connectivity index (χ0n) is 17.3. The second kappa shape index (κ2) is 10.6. The Kier molecular flexibility index (Phi) is 8.19. The number of methoxy groups -OCH3 is 2. The molecule has 0 heterocycles. The predicted octanol–water partition coefficient (Wildman–Crippen LogP) is 1.87. The molecular formula is C20H25N3O6S. The Labute approximate surface area is 176 Å². The first-order chi connectivity index (χ1) is 14.3. The Morgan fingerprint density at radius 1 is 1.13 bits per heavy atom. The molecule has 0 spiro atoms. The summed E-state index contributed by atoms with van der Waals surface area (Å²) in [5.41, 5.74) is 3.00. The number of carbonyl (C=O) groups excluding carboxylic acids is 1. The number of benzene rings is 2. The van der Waals surface area contributed by atoms with Crippen molar-refractivity contribution in [2.75, 3.05) is 34.4 Å². The fourth-order valence-corrected chi connectivity index (χ4v) is 3.82. The van der Waals surface area contributed by atoms with Gasteiger partial charge in [-0.2, -0.15) is 9.41 Å². The highest BCUT2D eigenvalue weighted by atomic mass is 32.2. The molecule has 0 aliphatic heterocycles. The van der Waals surface area contributed by atoms with E-state index in [1.165, 1.54) is 39.6 Å². The molecule has 1 amide bonds. The third-order valence-electron chi connectivity index (χ3n) is 4.04. The third-order valence-corrected chi connectivity index (χ3v) is 5.86. The largest absolute Gasteiger partial charge is 0.497 e. The maximum atomic E-state index is 12.9. The first kappa shape index (κ1) is 23.2. The monoisotopic (exact) mass is 435 g/mol. The normalized spacial score (nSPS) is 11.5. The second-order valence-electron chi connectivity index (χ2n) is 6.04. The number of ether oxygens (including phenoxy) is 3. The van der Waals surface area contributed by atoms with E-state index in [2.05, 4.69) is 10.5 Å². The van der Waals surface area contributed by atoms with E-state index in [0.29, 0.717) is 23.7 Å². The highest BCUT2D eigenvalue weighted by Gasteiger charge is 2.27. The highest BCUT2D eigenvalue weighted by molar-refractivity contribution is 7.89. The molecule has 30 heavy (non-hydrogen) atoms. The summed E-state index contributed by atoms with van der Waals surface area (Å²) in [6.45, 7) is 1.92. The minimum atomic E-state index is -4.01. The number of hydrazone groups is 1. The van der Waals surface area contributed by atoms with E-state index >= 15 is 0 Å². The number of carbonyl (C=O) groups is 1. The van der Waals surface area contributed by atoms with Crippen LogP contribution in [-0.2, 0) is 14.8 Å². The summed E-state index contributed by atoms with van der Waals surface area (Å²) in [4.78, 5) is 12.1. The van der Waals surface area contributed by atoms with E-state index < -0.39 is 22.5 Å². The van der Waals surface area contributed by atoms with Crippen LogP contribution in [0.1, 0.15) is 12.5 Å².